The Morgan fingerprint density at radius 1 is 1.22 bits per heavy atom. The molecule has 1 unspecified atom stereocenters. The fourth-order valence-corrected chi connectivity index (χ4v) is 3.75. The molecule has 0 saturated carbocycles. The first kappa shape index (κ1) is 18.9. The summed E-state index contributed by atoms with van der Waals surface area (Å²) in [5, 5.41) is 19.3. The summed E-state index contributed by atoms with van der Waals surface area (Å²) in [6.45, 7) is 5.06. The van der Waals surface area contributed by atoms with Gasteiger partial charge < -0.3 is 15.3 Å². The highest BCUT2D eigenvalue weighted by Crippen LogP contribution is 2.33. The third-order valence-electron chi connectivity index (χ3n) is 5.18. The first-order valence-corrected chi connectivity index (χ1v) is 9.35. The molecule has 27 heavy (non-hydrogen) atoms. The van der Waals surface area contributed by atoms with Gasteiger partial charge in [-0.15, -0.1) is 0 Å². The van der Waals surface area contributed by atoms with Crippen LogP contribution in [0.4, 0.5) is 4.79 Å². The number of hydrogen-bond donors (Lipinski definition) is 3. The Morgan fingerprint density at radius 3 is 2.59 bits per heavy atom. The number of nitrogens with one attached hydrogen (secondary N) is 2. The van der Waals surface area contributed by atoms with Crippen molar-refractivity contribution in [2.24, 2.45) is 0 Å². The van der Waals surface area contributed by atoms with Crippen molar-refractivity contribution in [2.45, 2.75) is 52.1 Å². The van der Waals surface area contributed by atoms with Crippen LogP contribution in [-0.2, 0) is 6.54 Å². The molecule has 144 valence electrons. The van der Waals surface area contributed by atoms with E-state index in [2.05, 4.69) is 15.5 Å². The summed E-state index contributed by atoms with van der Waals surface area (Å²) in [5.74, 6) is -0.955. The topological polar surface area (TPSA) is 98.3 Å². The highest BCUT2D eigenvalue weighted by atomic mass is 16.4. The summed E-state index contributed by atoms with van der Waals surface area (Å²) in [5.41, 5.74) is 4.19. The van der Waals surface area contributed by atoms with Gasteiger partial charge in [-0.3, -0.25) is 5.10 Å². The SMILES string of the molecule is Cc1n[nH]c(C)c1C1CCCCCN1C(=O)NCc1ccc(C(=O)O)cc1. The fraction of sp³-hybridized carbons (Fsp3) is 0.450. The number of hydrogen-bond acceptors (Lipinski definition) is 3. The van der Waals surface area contributed by atoms with Crippen LogP contribution < -0.4 is 5.32 Å². The Hall–Kier alpha value is -2.83. The van der Waals surface area contributed by atoms with E-state index in [0.29, 0.717) is 6.54 Å². The molecular weight excluding hydrogens is 344 g/mol. The lowest BCUT2D eigenvalue weighted by molar-refractivity contribution is 0.0697. The first-order valence-electron chi connectivity index (χ1n) is 9.35. The summed E-state index contributed by atoms with van der Waals surface area (Å²) in [7, 11) is 0. The van der Waals surface area contributed by atoms with Gasteiger partial charge in [-0.05, 0) is 44.4 Å². The highest BCUT2D eigenvalue weighted by molar-refractivity contribution is 5.87. The molecule has 0 radical (unpaired) electrons. The van der Waals surface area contributed by atoms with Gasteiger partial charge in [-0.2, -0.15) is 5.10 Å². The predicted molar refractivity (Wildman–Crippen MR) is 102 cm³/mol. The largest absolute Gasteiger partial charge is 0.478 e. The minimum absolute atomic E-state index is 0.0284. The van der Waals surface area contributed by atoms with Crippen molar-refractivity contribution in [1.82, 2.24) is 20.4 Å². The van der Waals surface area contributed by atoms with Crippen LogP contribution in [0.2, 0.25) is 0 Å². The number of rotatable bonds is 4. The molecule has 3 rings (SSSR count). The van der Waals surface area contributed by atoms with Gasteiger partial charge in [0.2, 0.25) is 0 Å². The maximum absolute atomic E-state index is 12.9. The maximum atomic E-state index is 12.9. The van der Waals surface area contributed by atoms with Gasteiger partial charge in [0.1, 0.15) is 0 Å². The van der Waals surface area contributed by atoms with E-state index in [1.807, 2.05) is 18.7 Å². The number of carbonyl (C=O) groups excluding carboxylic acids is 1. The second-order valence-corrected chi connectivity index (χ2v) is 7.07. The molecule has 1 saturated heterocycles. The van der Waals surface area contributed by atoms with E-state index in [4.69, 9.17) is 5.11 Å². The Balaban J connectivity index is 1.71. The number of H-pyrrole nitrogens is 1. The molecule has 1 fully saturated rings. The summed E-state index contributed by atoms with van der Waals surface area (Å²) >= 11 is 0. The van der Waals surface area contributed by atoms with E-state index in [0.717, 1.165) is 54.7 Å². The van der Waals surface area contributed by atoms with Crippen LogP contribution in [-0.4, -0.2) is 38.7 Å². The molecular formula is C20H26N4O3. The Labute approximate surface area is 158 Å². The number of amides is 2. The lowest BCUT2D eigenvalue weighted by Gasteiger charge is -2.30. The van der Waals surface area contributed by atoms with Crippen molar-refractivity contribution in [2.75, 3.05) is 6.54 Å². The second-order valence-electron chi connectivity index (χ2n) is 7.07. The summed E-state index contributed by atoms with van der Waals surface area (Å²) in [6.07, 6.45) is 4.14. The maximum Gasteiger partial charge on any atom is 0.335 e. The number of carbonyl (C=O) groups is 2. The van der Waals surface area contributed by atoms with Gasteiger partial charge >= 0.3 is 12.0 Å². The molecule has 1 aromatic carbocycles. The highest BCUT2D eigenvalue weighted by Gasteiger charge is 2.30. The number of aromatic amines is 1. The molecule has 7 nitrogen and oxygen atoms in total. The third-order valence-corrected chi connectivity index (χ3v) is 5.18. The van der Waals surface area contributed by atoms with E-state index in [9.17, 15) is 9.59 Å². The first-order chi connectivity index (χ1) is 13.0. The number of carboxylic acids is 1. The minimum atomic E-state index is -0.955. The average Bonchev–Trinajstić information content (AvgIpc) is 2.85. The molecule has 0 bridgehead atoms. The number of aryl methyl sites for hydroxylation is 2. The van der Waals surface area contributed by atoms with E-state index in [1.54, 1.807) is 24.3 Å². The van der Waals surface area contributed by atoms with Gasteiger partial charge in [0, 0.05) is 24.3 Å². The van der Waals surface area contributed by atoms with Crippen LogP contribution >= 0.6 is 0 Å². The molecule has 1 atom stereocenters. The van der Waals surface area contributed by atoms with Crippen molar-refractivity contribution >= 4 is 12.0 Å². The Kier molecular flexibility index (Phi) is 5.78. The average molecular weight is 370 g/mol. The van der Waals surface area contributed by atoms with Crippen molar-refractivity contribution in [3.63, 3.8) is 0 Å². The molecule has 1 aromatic heterocycles. The quantitative estimate of drug-likeness (QED) is 0.766. The van der Waals surface area contributed by atoms with E-state index in [1.165, 1.54) is 0 Å². The van der Waals surface area contributed by atoms with E-state index < -0.39 is 5.97 Å². The van der Waals surface area contributed by atoms with Crippen LogP contribution in [0.15, 0.2) is 24.3 Å². The number of aromatic carboxylic acids is 1. The zero-order valence-corrected chi connectivity index (χ0v) is 15.8. The number of carboxylic acid groups (broad SMARTS) is 1. The van der Waals surface area contributed by atoms with Gasteiger partial charge in [-0.1, -0.05) is 25.0 Å². The van der Waals surface area contributed by atoms with Gasteiger partial charge in [0.15, 0.2) is 0 Å². The molecule has 2 amide bonds. The van der Waals surface area contributed by atoms with Crippen LogP contribution in [0.3, 0.4) is 0 Å². The van der Waals surface area contributed by atoms with Crippen molar-refractivity contribution in [1.29, 1.82) is 0 Å². The van der Waals surface area contributed by atoms with Gasteiger partial charge in [-0.25, -0.2) is 9.59 Å². The lowest BCUT2D eigenvalue weighted by atomic mass is 9.99. The molecule has 2 aromatic rings. The third kappa shape index (κ3) is 4.30. The van der Waals surface area contributed by atoms with Crippen LogP contribution in [0.1, 0.15) is 64.6 Å². The molecule has 2 heterocycles. The smallest absolute Gasteiger partial charge is 0.335 e. The van der Waals surface area contributed by atoms with Crippen molar-refractivity contribution < 1.29 is 14.7 Å². The standard InChI is InChI=1S/C20H26N4O3/c1-13-18(14(2)23-22-13)17-6-4-3-5-11-24(17)20(27)21-12-15-7-9-16(10-8-15)19(25)26/h7-10,17H,3-6,11-12H2,1-2H3,(H,21,27)(H,22,23)(H,25,26). The molecule has 7 heteroatoms. The van der Waals surface area contributed by atoms with Crippen molar-refractivity contribution in [3.8, 4) is 0 Å². The zero-order valence-electron chi connectivity index (χ0n) is 15.8. The summed E-state index contributed by atoms with van der Waals surface area (Å²) < 4.78 is 0. The molecule has 3 N–H and O–H groups in total. The lowest BCUT2D eigenvalue weighted by Crippen LogP contribution is -2.42. The fourth-order valence-electron chi connectivity index (χ4n) is 3.75. The number of aromatic nitrogens is 2. The second kappa shape index (κ2) is 8.24. The number of benzene rings is 1. The van der Waals surface area contributed by atoms with E-state index >= 15 is 0 Å². The number of likely N-dealkylation sites (tertiary alicyclic amines) is 1. The zero-order chi connectivity index (χ0) is 19.4. The summed E-state index contributed by atoms with van der Waals surface area (Å²) in [6, 6.07) is 6.50. The van der Waals surface area contributed by atoms with Gasteiger partial charge in [0.05, 0.1) is 17.3 Å². The predicted octanol–water partition coefficient (Wildman–Crippen LogP) is 3.55. The van der Waals surface area contributed by atoms with Crippen LogP contribution in [0.25, 0.3) is 0 Å². The summed E-state index contributed by atoms with van der Waals surface area (Å²) in [4.78, 5) is 25.8. The Bertz CT molecular complexity index is 794. The number of nitrogens with zero attached hydrogens (tertiary/aromatic N) is 2. The van der Waals surface area contributed by atoms with Crippen LogP contribution in [0.5, 0.6) is 0 Å². The molecule has 0 aliphatic carbocycles. The van der Waals surface area contributed by atoms with Crippen molar-refractivity contribution in [3.05, 3.63) is 52.3 Å². The van der Waals surface area contributed by atoms with Gasteiger partial charge in [0.25, 0.3) is 0 Å². The number of urea groups is 1. The molecule has 1 aliphatic rings. The Morgan fingerprint density at radius 2 is 1.96 bits per heavy atom. The molecule has 1 aliphatic heterocycles. The normalized spacial score (nSPS) is 17.4. The molecule has 0 spiro atoms. The van der Waals surface area contributed by atoms with E-state index in [-0.39, 0.29) is 17.6 Å². The van der Waals surface area contributed by atoms with Crippen LogP contribution in [0, 0.1) is 13.8 Å². The monoisotopic (exact) mass is 370 g/mol. The minimum Gasteiger partial charge on any atom is -0.478 e.